The summed E-state index contributed by atoms with van der Waals surface area (Å²) in [4.78, 5) is 42.6. The van der Waals surface area contributed by atoms with Crippen molar-refractivity contribution in [2.45, 2.75) is 115 Å². The van der Waals surface area contributed by atoms with Crippen LogP contribution in [0, 0.1) is 0 Å². The first-order valence-electron chi connectivity index (χ1n) is 21.5. The zero-order chi connectivity index (χ0) is 56.8. The summed E-state index contributed by atoms with van der Waals surface area (Å²) in [6, 6.07) is 0.425. The molecule has 0 fully saturated rings. The fourth-order valence-electron chi connectivity index (χ4n) is 1.82. The summed E-state index contributed by atoms with van der Waals surface area (Å²) in [5, 5.41) is 44.1. The molecule has 18 heteroatoms. The molecule has 0 bridgehead atoms. The molecule has 0 saturated carbocycles. The first kappa shape index (κ1) is 96.9. The molecule has 0 aromatic rings. The van der Waals surface area contributed by atoms with Crippen LogP contribution in [0.4, 0.5) is 0 Å². The number of ether oxygens (including phenoxy) is 4. The Hall–Kier alpha value is -3.95. The molecule has 0 unspecified atom stereocenters. The molecule has 0 aromatic carbocycles. The molecule has 17 nitrogen and oxygen atoms in total. The van der Waals surface area contributed by atoms with Crippen LogP contribution in [0.2, 0.25) is 0 Å². The summed E-state index contributed by atoms with van der Waals surface area (Å²) in [5.41, 5.74) is 11.2. The minimum absolute atomic E-state index is 0.0473. The first-order valence-corrected chi connectivity index (χ1v) is 22.1. The maximum Gasteiger partial charge on any atom is 0.333 e. The van der Waals surface area contributed by atoms with E-state index in [-0.39, 0.29) is 49.9 Å². The van der Waals surface area contributed by atoms with Gasteiger partial charge in [0.1, 0.15) is 19.8 Å². The van der Waals surface area contributed by atoms with Gasteiger partial charge < -0.3 is 66.6 Å². The van der Waals surface area contributed by atoms with Crippen molar-refractivity contribution in [1.29, 1.82) is 0 Å². The number of aliphatic hydroxyl groups is 5. The van der Waals surface area contributed by atoms with E-state index in [9.17, 15) is 19.2 Å². The lowest BCUT2D eigenvalue weighted by Gasteiger charge is -2.20. The smallest absolute Gasteiger partial charge is 0.333 e. The Bertz CT molecular complexity index is 1060. The van der Waals surface area contributed by atoms with Crippen LogP contribution in [0.5, 0.6) is 0 Å². The number of nitrogens with two attached hydrogens (primary N) is 2. The molecule has 11 N–H and O–H groups in total. The molecular formula is C49H106N4O13S. The van der Waals surface area contributed by atoms with Gasteiger partial charge in [-0.1, -0.05) is 86.4 Å². The Morgan fingerprint density at radius 2 is 0.896 bits per heavy atom. The lowest BCUT2D eigenvalue weighted by Crippen LogP contribution is -2.38. The summed E-state index contributed by atoms with van der Waals surface area (Å²) in [6.45, 7) is 56.4. The van der Waals surface area contributed by atoms with Gasteiger partial charge in [-0.2, -0.15) is 12.6 Å². The highest BCUT2D eigenvalue weighted by molar-refractivity contribution is 7.80. The molecule has 0 saturated heterocycles. The van der Waals surface area contributed by atoms with Crippen molar-refractivity contribution in [3.8, 4) is 0 Å². The van der Waals surface area contributed by atoms with Crippen LogP contribution in [0.25, 0.3) is 0 Å². The van der Waals surface area contributed by atoms with Gasteiger partial charge in [-0.05, 0) is 62.4 Å². The van der Waals surface area contributed by atoms with E-state index in [4.69, 9.17) is 40.7 Å². The van der Waals surface area contributed by atoms with Crippen molar-refractivity contribution < 1.29 is 63.7 Å². The van der Waals surface area contributed by atoms with Crippen LogP contribution in [-0.4, -0.2) is 154 Å². The van der Waals surface area contributed by atoms with Gasteiger partial charge in [0.05, 0.1) is 26.4 Å². The molecular weight excluding hydrogens is 885 g/mol. The van der Waals surface area contributed by atoms with Crippen molar-refractivity contribution in [3.63, 3.8) is 0 Å². The minimum atomic E-state index is -0.455. The molecule has 0 spiro atoms. The average molecular weight is 991 g/mol. The molecule has 0 radical (unpaired) electrons. The normalized spacial score (nSPS) is 7.97. The predicted molar refractivity (Wildman–Crippen MR) is 289 cm³/mol. The van der Waals surface area contributed by atoms with Crippen molar-refractivity contribution in [2.24, 2.45) is 11.5 Å². The number of rotatable bonds is 17. The molecule has 406 valence electrons. The van der Waals surface area contributed by atoms with Crippen molar-refractivity contribution in [1.82, 2.24) is 10.6 Å². The van der Waals surface area contributed by atoms with Crippen LogP contribution in [0.3, 0.4) is 0 Å². The summed E-state index contributed by atoms with van der Waals surface area (Å²) in [6.07, 6.45) is 4.33. The van der Waals surface area contributed by atoms with Gasteiger partial charge in [0.2, 0.25) is 0 Å². The van der Waals surface area contributed by atoms with Crippen molar-refractivity contribution >= 4 is 36.5 Å². The van der Waals surface area contributed by atoms with Gasteiger partial charge in [0.15, 0.2) is 0 Å². The van der Waals surface area contributed by atoms with Gasteiger partial charge in [0.25, 0.3) is 0 Å². The number of carbonyl (C=O) groups is 4. The molecule has 0 amide bonds. The Morgan fingerprint density at radius 3 is 1.06 bits per heavy atom. The standard InChI is InChI=1S/C10H19NO2.C9H17NO2.C6H10O3.C6H10O2.C3H7N.C3H6O.C3H8.C2H6OS.C2H6.C2H4.CH5N.2CH4O/c1-8(2)9(12)13-7-6-11-10(3,4)5;1-7(2)9(11)12-6-5-10-8(3)4;1-5(2)6(8)9-4-3-7;1-4-8-6(7)5(2)3;2*1-2-3-4;1-3-2;3-1-2-4;5*1-2/h11H,1,6-7H2,2-5H3;8,10H,1,5-6H2,2-4H3;7H,1,3-4H2,2H3;2,4H2,1,3H3;2H,1,3-4H2;2,4H,1,3H2;3H2,1-2H3;3-4H,1-2H2;1-2H3;1-2H2;2H2,1H3;2*2H,1H3. The lowest BCUT2D eigenvalue weighted by molar-refractivity contribution is -0.140. The van der Waals surface area contributed by atoms with E-state index in [0.29, 0.717) is 73.5 Å². The fourth-order valence-corrected chi connectivity index (χ4v) is 1.82. The van der Waals surface area contributed by atoms with Gasteiger partial charge >= 0.3 is 23.9 Å². The first-order chi connectivity index (χ1) is 31.4. The predicted octanol–water partition coefficient (Wildman–Crippen LogP) is 6.06. The van der Waals surface area contributed by atoms with Crippen LogP contribution < -0.4 is 22.1 Å². The monoisotopic (exact) mass is 991 g/mol. The number of carbonyl (C=O) groups excluding carboxylic acids is 4. The van der Waals surface area contributed by atoms with E-state index in [2.05, 4.69) is 126 Å². The maximum atomic E-state index is 10.9. The summed E-state index contributed by atoms with van der Waals surface area (Å²) >= 11 is 3.67. The van der Waals surface area contributed by atoms with Gasteiger partial charge in [-0.25, -0.2) is 19.2 Å². The maximum absolute atomic E-state index is 10.9. The summed E-state index contributed by atoms with van der Waals surface area (Å²) in [5.74, 6) is -0.840. The number of hydrogen-bond donors (Lipinski definition) is 10. The van der Waals surface area contributed by atoms with E-state index >= 15 is 0 Å². The molecule has 0 aliphatic heterocycles. The third kappa shape index (κ3) is 163. The second kappa shape index (κ2) is 96.1. The second-order valence-corrected chi connectivity index (χ2v) is 12.9. The number of hydrogen-bond acceptors (Lipinski definition) is 18. The molecule has 0 aliphatic carbocycles. The zero-order valence-electron chi connectivity index (χ0n) is 45.5. The van der Waals surface area contributed by atoms with Crippen LogP contribution in [0.1, 0.15) is 103 Å². The molecule has 0 aliphatic rings. The van der Waals surface area contributed by atoms with E-state index in [1.54, 1.807) is 40.7 Å². The topological polar surface area (TPSA) is 282 Å². The highest BCUT2D eigenvalue weighted by Gasteiger charge is 2.08. The van der Waals surface area contributed by atoms with E-state index in [0.717, 1.165) is 14.2 Å². The number of thiol groups is 1. The number of esters is 4. The quantitative estimate of drug-likeness (QED) is 0.0198. The largest absolute Gasteiger partial charge is 0.463 e. The fraction of sp³-hybridized carbons (Fsp3) is 0.633. The molecule has 0 heterocycles. The van der Waals surface area contributed by atoms with Crippen LogP contribution in [-0.2, 0) is 38.1 Å². The highest BCUT2D eigenvalue weighted by atomic mass is 32.1. The molecule has 0 aromatic heterocycles. The second-order valence-electron chi connectivity index (χ2n) is 12.4. The third-order valence-corrected chi connectivity index (χ3v) is 4.47. The third-order valence-electron chi connectivity index (χ3n) is 4.27. The Labute approximate surface area is 416 Å². The number of aliphatic hydroxyl groups excluding tert-OH is 5. The van der Waals surface area contributed by atoms with E-state index in [1.807, 2.05) is 27.7 Å². The Kier molecular flexibility index (Phi) is 139. The Balaban J connectivity index is -0.0000000456. The summed E-state index contributed by atoms with van der Waals surface area (Å²) < 4.78 is 18.8. The van der Waals surface area contributed by atoms with E-state index < -0.39 is 5.97 Å². The zero-order valence-corrected chi connectivity index (χ0v) is 46.4. The summed E-state index contributed by atoms with van der Waals surface area (Å²) in [7, 11) is 3.50. The SMILES string of the molecule is C=C.C=C(C)C(=O)OCC.C=C(C)C(=O)OCCNC(C)(C)C.C=C(C)C(=O)OCCNC(C)C.C=C(C)C(=O)OCCO.C=CCN.C=CCO.CC.CCC.CN.CO.CO.OCCS. The van der Waals surface area contributed by atoms with Gasteiger partial charge in [-0.15, -0.1) is 26.3 Å². The van der Waals surface area contributed by atoms with Crippen LogP contribution >= 0.6 is 12.6 Å². The minimum Gasteiger partial charge on any atom is -0.463 e. The molecule has 0 atom stereocenters. The van der Waals surface area contributed by atoms with Crippen molar-refractivity contribution in [2.75, 3.05) is 92.9 Å². The molecule has 67 heavy (non-hydrogen) atoms. The average Bonchev–Trinajstić information content (AvgIpc) is 3.32. The highest BCUT2D eigenvalue weighted by Crippen LogP contribution is 1.98. The van der Waals surface area contributed by atoms with Crippen molar-refractivity contribution in [3.05, 3.63) is 87.1 Å². The van der Waals surface area contributed by atoms with E-state index in [1.165, 1.54) is 19.5 Å². The number of nitrogens with one attached hydrogen (secondary N) is 2. The molecule has 0 rings (SSSR count). The van der Waals surface area contributed by atoms with Gasteiger partial charge in [0, 0.05) is 73.5 Å². The van der Waals surface area contributed by atoms with Gasteiger partial charge in [-0.3, -0.25) is 0 Å². The lowest BCUT2D eigenvalue weighted by atomic mass is 10.1. The van der Waals surface area contributed by atoms with Crippen LogP contribution in [0.15, 0.2) is 87.1 Å². The Morgan fingerprint density at radius 1 is 0.642 bits per heavy atom.